The lowest BCUT2D eigenvalue weighted by atomic mass is 10.0. The van der Waals surface area contributed by atoms with Gasteiger partial charge in [0.15, 0.2) is 6.10 Å². The fourth-order valence-electron chi connectivity index (χ4n) is 12.7. The van der Waals surface area contributed by atoms with Crippen molar-refractivity contribution in [2.24, 2.45) is 0 Å². The second-order valence-corrected chi connectivity index (χ2v) is 33.6. The number of carbonyl (C=O) groups is 3. The van der Waals surface area contributed by atoms with Crippen LogP contribution in [0.1, 0.15) is 406 Å². The van der Waals surface area contributed by atoms with Gasteiger partial charge in [0.1, 0.15) is 25.4 Å². The lowest BCUT2D eigenvalue weighted by Crippen LogP contribution is -2.30. The van der Waals surface area contributed by atoms with Crippen LogP contribution in [0, 0.1) is 0 Å². The summed E-state index contributed by atoms with van der Waals surface area (Å²) in [6, 6.07) is 0. The Morgan fingerprint density at radius 1 is 0.257 bits per heavy atom. The van der Waals surface area contributed by atoms with E-state index in [1.54, 1.807) is 0 Å². The van der Waals surface area contributed by atoms with E-state index in [9.17, 15) is 43.5 Å². The summed E-state index contributed by atoms with van der Waals surface area (Å²) < 4.78 is 61.3. The number of phosphoric acid groups is 2. The van der Waals surface area contributed by atoms with E-state index >= 15 is 0 Å². The third-order valence-electron chi connectivity index (χ3n) is 19.6. The minimum Gasteiger partial charge on any atom is -0.463 e. The van der Waals surface area contributed by atoms with Crippen LogP contribution in [0.4, 0.5) is 0 Å². The number of aliphatic hydroxyl groups is 2. The Bertz CT molecular complexity index is 2540. The number of ether oxygens (including phenoxy) is 3. The van der Waals surface area contributed by atoms with Crippen molar-refractivity contribution in [1.29, 1.82) is 0 Å². The van der Waals surface area contributed by atoms with Gasteiger partial charge in [0.2, 0.25) is 0 Å². The smallest absolute Gasteiger partial charge is 0.463 e. The molecule has 0 aromatic rings. The van der Waals surface area contributed by atoms with E-state index in [4.69, 9.17) is 32.3 Å². The second-order valence-electron chi connectivity index (χ2n) is 30.7. The van der Waals surface area contributed by atoms with Crippen molar-refractivity contribution in [2.75, 3.05) is 39.6 Å². The van der Waals surface area contributed by atoms with Gasteiger partial charge < -0.3 is 34.2 Å². The monoisotopic (exact) mass is 1630 g/mol. The molecule has 0 bridgehead atoms. The van der Waals surface area contributed by atoms with Crippen molar-refractivity contribution < 1.29 is 75.8 Å². The SMILES string of the molecule is CC/C=C\C/C=C\C/C=C\C/C=C\C/C=C\CCCCCCCCCCCCCCCCCCCCCC(=O)OCC(O)COP(=O)(O)OCC(O)COP(=O)(O)OCC(COC(=O)CCCCCCCCCCCCCCC/C=C\C/C=C\C/C=C\C/C=C\CCCCC)OC(=O)CCCCCCC/C=C\CCCCCC. The number of aliphatic hydroxyl groups excluding tert-OH is 2. The van der Waals surface area contributed by atoms with Crippen LogP contribution in [0.25, 0.3) is 0 Å². The second kappa shape index (κ2) is 87.3. The van der Waals surface area contributed by atoms with Crippen LogP contribution in [0.3, 0.4) is 0 Å². The van der Waals surface area contributed by atoms with E-state index in [0.29, 0.717) is 19.3 Å². The molecule has 5 atom stereocenters. The molecule has 0 saturated carbocycles. The van der Waals surface area contributed by atoms with Gasteiger partial charge in [-0.3, -0.25) is 32.5 Å². The quantitative estimate of drug-likeness (QED) is 0.0146. The van der Waals surface area contributed by atoms with Gasteiger partial charge in [-0.05, 0) is 135 Å². The fraction of sp³-hybridized carbons (Fsp3) is 0.758. The highest BCUT2D eigenvalue weighted by atomic mass is 31.2. The number of unbranched alkanes of at least 4 members (excludes halogenated alkanes) is 44. The van der Waals surface area contributed by atoms with Crippen molar-refractivity contribution in [3.63, 3.8) is 0 Å². The highest BCUT2D eigenvalue weighted by molar-refractivity contribution is 7.47. The van der Waals surface area contributed by atoms with E-state index < -0.39 is 91.5 Å². The average Bonchev–Trinajstić information content (AvgIpc) is 0.903. The molecule has 0 rings (SSSR count). The van der Waals surface area contributed by atoms with E-state index in [-0.39, 0.29) is 19.3 Å². The van der Waals surface area contributed by atoms with Gasteiger partial charge >= 0.3 is 33.6 Å². The minimum atomic E-state index is -4.93. The van der Waals surface area contributed by atoms with Crippen LogP contribution in [0.15, 0.2) is 122 Å². The van der Waals surface area contributed by atoms with Gasteiger partial charge in [0, 0.05) is 19.3 Å². The normalized spacial score (nSPS) is 14.4. The molecular weight excluding hydrogens is 1460 g/mol. The van der Waals surface area contributed by atoms with Gasteiger partial charge in [0.25, 0.3) is 0 Å². The Morgan fingerprint density at radius 3 is 0.770 bits per heavy atom. The Kier molecular flexibility index (Phi) is 84.1. The molecule has 0 radical (unpaired) electrons. The van der Waals surface area contributed by atoms with Gasteiger partial charge in [0.05, 0.1) is 26.4 Å². The van der Waals surface area contributed by atoms with Crippen molar-refractivity contribution in [3.8, 4) is 0 Å². The maximum Gasteiger partial charge on any atom is 0.472 e. The number of esters is 3. The first-order valence-electron chi connectivity index (χ1n) is 45.8. The van der Waals surface area contributed by atoms with Gasteiger partial charge in [-0.1, -0.05) is 373 Å². The zero-order valence-electron chi connectivity index (χ0n) is 72.0. The number of hydrogen-bond donors (Lipinski definition) is 4. The van der Waals surface area contributed by atoms with Gasteiger partial charge in [-0.2, -0.15) is 0 Å². The first kappa shape index (κ1) is 109. The largest absolute Gasteiger partial charge is 0.472 e. The summed E-state index contributed by atoms with van der Waals surface area (Å²) in [6.45, 7) is 2.57. The molecule has 0 aromatic heterocycles. The third-order valence-corrected chi connectivity index (χ3v) is 21.5. The van der Waals surface area contributed by atoms with Crippen LogP contribution >= 0.6 is 15.6 Å². The van der Waals surface area contributed by atoms with Crippen molar-refractivity contribution >= 4 is 33.6 Å². The lowest BCUT2D eigenvalue weighted by Gasteiger charge is -2.21. The van der Waals surface area contributed by atoms with Crippen molar-refractivity contribution in [1.82, 2.24) is 0 Å². The Hall–Kier alpha value is -4.05. The molecule has 0 heterocycles. The standard InChI is InChI=1S/C95H168O16P2/c1-4-7-10-13-16-19-22-25-27-29-31-33-35-37-39-41-42-43-44-45-46-48-50-51-53-55-57-59-61-64-66-69-72-75-78-81-93(98)105-84-90(96)85-107-112(101,102)108-86-91(97)87-109-113(103,104)110-89-92(111-95(100)83-80-77-74-71-68-63-24-21-18-15-12-9-6-3)88-106-94(99)82-79-76-73-70-67-65-62-60-58-56-54-52-49-47-40-38-36-34-32-30-28-26-23-20-17-14-11-8-5-2/h7,10,16-17,19-21,24-28,31-34,37-40,90-92,96-97H,4-6,8-9,11-15,18,22-23,29-30,35-36,41-89H2,1-3H3,(H,101,102)(H,103,104)/b10-7-,19-16-,20-17-,24-21-,27-25-,28-26-,33-31-,34-32-,39-37-,40-38-. The summed E-state index contributed by atoms with van der Waals surface area (Å²) in [7, 11) is -9.79. The average molecular weight is 1630 g/mol. The molecule has 0 spiro atoms. The summed E-state index contributed by atoms with van der Waals surface area (Å²) in [5, 5.41) is 20.7. The predicted octanol–water partition coefficient (Wildman–Crippen LogP) is 28.0. The zero-order chi connectivity index (χ0) is 82.2. The number of hydrogen-bond acceptors (Lipinski definition) is 14. The fourth-order valence-corrected chi connectivity index (χ4v) is 14.3. The molecule has 4 N–H and O–H groups in total. The molecule has 0 amide bonds. The van der Waals surface area contributed by atoms with Crippen molar-refractivity contribution in [2.45, 2.75) is 424 Å². The molecule has 0 aliphatic carbocycles. The Labute approximate surface area is 691 Å². The van der Waals surface area contributed by atoms with Crippen LogP contribution in [-0.4, -0.2) is 95.9 Å². The number of rotatable bonds is 87. The number of carbonyl (C=O) groups excluding carboxylic acids is 3. The molecule has 16 nitrogen and oxygen atoms in total. The molecule has 0 aromatic carbocycles. The van der Waals surface area contributed by atoms with Gasteiger partial charge in [-0.15, -0.1) is 0 Å². The molecule has 18 heteroatoms. The number of phosphoric ester groups is 2. The minimum absolute atomic E-state index is 0.0955. The zero-order valence-corrected chi connectivity index (χ0v) is 73.8. The summed E-state index contributed by atoms with van der Waals surface area (Å²) in [5.41, 5.74) is 0. The van der Waals surface area contributed by atoms with Crippen LogP contribution in [0.2, 0.25) is 0 Å². The summed E-state index contributed by atoms with van der Waals surface area (Å²) in [5.74, 6) is -1.57. The molecule has 0 aliphatic rings. The van der Waals surface area contributed by atoms with Crippen LogP contribution in [-0.2, 0) is 55.8 Å². The molecule has 0 aliphatic heterocycles. The molecule has 113 heavy (non-hydrogen) atoms. The Morgan fingerprint density at radius 2 is 0.469 bits per heavy atom. The molecular formula is C95H168O16P2. The Balaban J connectivity index is 4.37. The van der Waals surface area contributed by atoms with Gasteiger partial charge in [-0.25, -0.2) is 9.13 Å². The van der Waals surface area contributed by atoms with Crippen LogP contribution < -0.4 is 0 Å². The van der Waals surface area contributed by atoms with E-state index in [0.717, 1.165) is 135 Å². The summed E-state index contributed by atoms with van der Waals surface area (Å²) in [4.78, 5) is 58.8. The van der Waals surface area contributed by atoms with Crippen molar-refractivity contribution in [3.05, 3.63) is 122 Å². The van der Waals surface area contributed by atoms with E-state index in [2.05, 4.69) is 142 Å². The predicted molar refractivity (Wildman–Crippen MR) is 473 cm³/mol. The summed E-state index contributed by atoms with van der Waals surface area (Å²) >= 11 is 0. The molecule has 0 fully saturated rings. The van der Waals surface area contributed by atoms with E-state index in [1.165, 1.54) is 212 Å². The topological polar surface area (TPSA) is 231 Å². The maximum absolute atomic E-state index is 13.0. The molecule has 5 unspecified atom stereocenters. The molecule has 0 saturated heterocycles. The number of allylic oxidation sites excluding steroid dienone is 20. The highest BCUT2D eigenvalue weighted by Gasteiger charge is 2.29. The van der Waals surface area contributed by atoms with Crippen LogP contribution in [0.5, 0.6) is 0 Å². The lowest BCUT2D eigenvalue weighted by molar-refractivity contribution is -0.161. The summed E-state index contributed by atoms with van der Waals surface area (Å²) in [6.07, 6.45) is 107. The van der Waals surface area contributed by atoms with E-state index in [1.807, 2.05) is 0 Å². The molecule has 654 valence electrons. The first-order chi connectivity index (χ1) is 55.2. The maximum atomic E-state index is 13.0. The first-order valence-corrected chi connectivity index (χ1v) is 48.8. The third kappa shape index (κ3) is 88.6. The highest BCUT2D eigenvalue weighted by Crippen LogP contribution is 2.45.